The highest BCUT2D eigenvalue weighted by atomic mass is 19.1. The summed E-state index contributed by atoms with van der Waals surface area (Å²) in [4.78, 5) is 21.2. The molecule has 2 aromatic heterocycles. The molecule has 2 aliphatic rings. The molecule has 0 fully saturated rings. The number of hydrogen-bond acceptors (Lipinski definition) is 3. The first-order valence-corrected chi connectivity index (χ1v) is 10.3. The van der Waals surface area contributed by atoms with Gasteiger partial charge in [-0.1, -0.05) is 18.2 Å². The van der Waals surface area contributed by atoms with Gasteiger partial charge in [0.25, 0.3) is 5.91 Å². The van der Waals surface area contributed by atoms with E-state index in [2.05, 4.69) is 23.0 Å². The van der Waals surface area contributed by atoms with E-state index in [0.717, 1.165) is 36.4 Å². The number of hydrogen-bond donors (Lipinski definition) is 0. The minimum Gasteiger partial charge on any atom is -0.308 e. The second-order valence-electron chi connectivity index (χ2n) is 8.19. The second-order valence-corrected chi connectivity index (χ2v) is 8.19. The lowest BCUT2D eigenvalue weighted by molar-refractivity contribution is -0.124. The molecule has 1 unspecified atom stereocenters. The number of carbonyl (C=O) groups excluding carboxylic acids is 1. The Hall–Kier alpha value is -2.99. The van der Waals surface area contributed by atoms with Gasteiger partial charge in [-0.15, -0.1) is 0 Å². The zero-order chi connectivity index (χ0) is 21.4. The third kappa shape index (κ3) is 4.00. The van der Waals surface area contributed by atoms with Crippen molar-refractivity contribution in [2.24, 2.45) is 0 Å². The number of allylic oxidation sites excluding steroid dienone is 3. The molecule has 30 heavy (non-hydrogen) atoms. The quantitative estimate of drug-likeness (QED) is 0.720. The smallest absolute Gasteiger partial charge is 0.251 e. The highest BCUT2D eigenvalue weighted by Crippen LogP contribution is 2.26. The molecule has 0 bridgehead atoms. The largest absolute Gasteiger partial charge is 0.308 e. The van der Waals surface area contributed by atoms with Crippen molar-refractivity contribution in [1.29, 1.82) is 0 Å². The fraction of sp³-hybridized carbons (Fsp3) is 0.333. The number of pyridine rings is 1. The summed E-state index contributed by atoms with van der Waals surface area (Å²) in [6.45, 7) is 7.71. The molecule has 4 rings (SSSR count). The Labute approximate surface area is 176 Å². The molecule has 0 N–H and O–H groups in total. The molecule has 0 saturated heterocycles. The highest BCUT2D eigenvalue weighted by molar-refractivity contribution is 5.92. The monoisotopic (exact) mass is 406 g/mol. The summed E-state index contributed by atoms with van der Waals surface area (Å²) in [6, 6.07) is 1.40. The molecule has 6 heteroatoms. The van der Waals surface area contributed by atoms with E-state index in [-0.39, 0.29) is 17.8 Å². The number of fused-ring (bicyclic) bond motifs is 1. The lowest BCUT2D eigenvalue weighted by atomic mass is 9.99. The summed E-state index contributed by atoms with van der Waals surface area (Å²) in [6.07, 6.45) is 14.2. The Morgan fingerprint density at radius 2 is 2.13 bits per heavy atom. The molecular weight excluding hydrogens is 379 g/mol. The van der Waals surface area contributed by atoms with Crippen LogP contribution in [-0.4, -0.2) is 51.3 Å². The first-order chi connectivity index (χ1) is 14.3. The zero-order valence-electron chi connectivity index (χ0n) is 17.9. The molecular formula is C24H27FN4O. The van der Waals surface area contributed by atoms with Crippen LogP contribution in [-0.2, 0) is 4.79 Å². The van der Waals surface area contributed by atoms with Gasteiger partial charge in [0.15, 0.2) is 11.5 Å². The number of rotatable bonds is 3. The van der Waals surface area contributed by atoms with Gasteiger partial charge in [0.1, 0.15) is 0 Å². The number of imidazole rings is 1. The van der Waals surface area contributed by atoms with Gasteiger partial charge < -0.3 is 14.2 Å². The Morgan fingerprint density at radius 1 is 1.33 bits per heavy atom. The van der Waals surface area contributed by atoms with Crippen LogP contribution in [0.5, 0.6) is 0 Å². The van der Waals surface area contributed by atoms with Crippen molar-refractivity contribution in [2.75, 3.05) is 20.1 Å². The van der Waals surface area contributed by atoms with Crippen molar-refractivity contribution in [3.63, 3.8) is 0 Å². The third-order valence-electron chi connectivity index (χ3n) is 5.74. The molecule has 1 amide bonds. The maximum atomic E-state index is 14.5. The number of aryl methyl sites for hydroxylation is 1. The van der Waals surface area contributed by atoms with Gasteiger partial charge in [0.05, 0.1) is 11.7 Å². The standard InChI is InChI=1S/C24H27FN4O/c1-16(19-7-9-27(4)10-8-19)11-23(30)29-15-20(6-5-18(29)3)21-12-22(25)24-26-17(2)13-28(24)14-21/h5-7,11-15,18H,8-10H2,1-4H3/b16-11+. The van der Waals surface area contributed by atoms with E-state index < -0.39 is 0 Å². The van der Waals surface area contributed by atoms with Crippen LogP contribution < -0.4 is 0 Å². The fourth-order valence-electron chi connectivity index (χ4n) is 3.90. The zero-order valence-corrected chi connectivity index (χ0v) is 17.9. The molecule has 156 valence electrons. The topological polar surface area (TPSA) is 40.9 Å². The van der Waals surface area contributed by atoms with E-state index in [1.54, 1.807) is 21.6 Å². The van der Waals surface area contributed by atoms with E-state index in [1.807, 2.05) is 45.3 Å². The number of likely N-dealkylation sites (N-methyl/N-ethyl adjacent to an activating group) is 1. The van der Waals surface area contributed by atoms with E-state index in [4.69, 9.17) is 0 Å². The van der Waals surface area contributed by atoms with Crippen LogP contribution in [0.3, 0.4) is 0 Å². The van der Waals surface area contributed by atoms with Crippen LogP contribution in [0.1, 0.15) is 31.5 Å². The first-order valence-electron chi connectivity index (χ1n) is 10.3. The van der Waals surface area contributed by atoms with Crippen molar-refractivity contribution in [3.05, 3.63) is 77.2 Å². The first kappa shape index (κ1) is 20.3. The maximum Gasteiger partial charge on any atom is 0.251 e. The summed E-state index contributed by atoms with van der Waals surface area (Å²) >= 11 is 0. The number of amides is 1. The van der Waals surface area contributed by atoms with Gasteiger partial charge in [0, 0.05) is 43.3 Å². The van der Waals surface area contributed by atoms with E-state index in [1.165, 1.54) is 11.6 Å². The third-order valence-corrected chi connectivity index (χ3v) is 5.74. The molecule has 1 atom stereocenters. The molecule has 2 aromatic rings. The summed E-state index contributed by atoms with van der Waals surface area (Å²) in [7, 11) is 2.09. The highest BCUT2D eigenvalue weighted by Gasteiger charge is 2.21. The molecule has 2 aliphatic heterocycles. The van der Waals surface area contributed by atoms with Gasteiger partial charge in [-0.2, -0.15) is 0 Å². The summed E-state index contributed by atoms with van der Waals surface area (Å²) in [5.41, 5.74) is 4.80. The number of carbonyl (C=O) groups is 1. The van der Waals surface area contributed by atoms with Crippen molar-refractivity contribution < 1.29 is 9.18 Å². The van der Waals surface area contributed by atoms with Crippen LogP contribution in [0, 0.1) is 12.7 Å². The van der Waals surface area contributed by atoms with Gasteiger partial charge in [0.2, 0.25) is 0 Å². The summed E-state index contributed by atoms with van der Waals surface area (Å²) in [5, 5.41) is 0. The van der Waals surface area contributed by atoms with Gasteiger partial charge in [-0.05, 0) is 57.0 Å². The molecule has 0 aliphatic carbocycles. The van der Waals surface area contributed by atoms with Gasteiger partial charge in [-0.3, -0.25) is 4.79 Å². The second kappa shape index (κ2) is 8.03. The van der Waals surface area contributed by atoms with Gasteiger partial charge in [-0.25, -0.2) is 9.37 Å². The Kier molecular flexibility index (Phi) is 5.43. The van der Waals surface area contributed by atoms with Crippen molar-refractivity contribution in [2.45, 2.75) is 33.2 Å². The average Bonchev–Trinajstić information content (AvgIpc) is 3.09. The predicted octanol–water partition coefficient (Wildman–Crippen LogP) is 4.12. The van der Waals surface area contributed by atoms with Crippen molar-refractivity contribution >= 4 is 17.1 Å². The fourth-order valence-corrected chi connectivity index (χ4v) is 3.90. The van der Waals surface area contributed by atoms with Gasteiger partial charge >= 0.3 is 0 Å². The Balaban J connectivity index is 1.62. The van der Waals surface area contributed by atoms with Crippen LogP contribution in [0.4, 0.5) is 4.39 Å². The van der Waals surface area contributed by atoms with Crippen LogP contribution >= 0.6 is 0 Å². The average molecular weight is 407 g/mol. The van der Waals surface area contributed by atoms with Crippen molar-refractivity contribution in [3.8, 4) is 0 Å². The lowest BCUT2D eigenvalue weighted by Gasteiger charge is -2.27. The molecule has 0 radical (unpaired) electrons. The minimum atomic E-state index is -0.378. The molecule has 0 aromatic carbocycles. The SMILES string of the molecule is C/C(=C\C(=O)N1C=C(c2cc(F)c3nc(C)cn3c2)C=CC1C)C1=CCN(C)CC1. The normalized spacial score (nSPS) is 20.5. The van der Waals surface area contributed by atoms with Crippen molar-refractivity contribution in [1.82, 2.24) is 19.2 Å². The molecule has 4 heterocycles. The van der Waals surface area contributed by atoms with Crippen LogP contribution in [0.25, 0.3) is 11.2 Å². The lowest BCUT2D eigenvalue weighted by Crippen LogP contribution is -2.33. The maximum absolute atomic E-state index is 14.5. The van der Waals surface area contributed by atoms with Crippen LogP contribution in [0.15, 0.2) is 60.1 Å². The summed E-state index contributed by atoms with van der Waals surface area (Å²) in [5.74, 6) is -0.446. The Morgan fingerprint density at radius 3 is 2.87 bits per heavy atom. The predicted molar refractivity (Wildman–Crippen MR) is 117 cm³/mol. The molecule has 0 saturated carbocycles. The summed E-state index contributed by atoms with van der Waals surface area (Å²) < 4.78 is 16.2. The Bertz CT molecular complexity index is 1120. The van der Waals surface area contributed by atoms with E-state index in [9.17, 15) is 9.18 Å². The van der Waals surface area contributed by atoms with E-state index in [0.29, 0.717) is 11.2 Å². The number of nitrogens with zero attached hydrogens (tertiary/aromatic N) is 4. The number of aromatic nitrogens is 2. The molecule has 5 nitrogen and oxygen atoms in total. The minimum absolute atomic E-state index is 0.0679. The number of halogens is 1. The van der Waals surface area contributed by atoms with E-state index >= 15 is 0 Å². The van der Waals surface area contributed by atoms with Crippen LogP contribution in [0.2, 0.25) is 0 Å². The molecule has 0 spiro atoms.